The first-order valence-electron chi connectivity index (χ1n) is 6.04. The van der Waals surface area contributed by atoms with Crippen molar-refractivity contribution < 1.29 is 4.74 Å². The molecule has 16 heavy (non-hydrogen) atoms. The minimum absolute atomic E-state index is 0.228. The zero-order valence-corrected chi connectivity index (χ0v) is 10.6. The molecule has 0 fully saturated rings. The van der Waals surface area contributed by atoms with Crippen molar-refractivity contribution >= 4 is 0 Å². The summed E-state index contributed by atoms with van der Waals surface area (Å²) in [6.45, 7) is 4.46. The molecule has 0 amide bonds. The number of benzene rings is 1. The van der Waals surface area contributed by atoms with E-state index in [2.05, 4.69) is 19.9 Å². The molecule has 0 aliphatic heterocycles. The number of nitrogens with two attached hydrogens (primary N) is 1. The molecule has 0 heterocycles. The molecular weight excluding hydrogens is 198 g/mol. The molecule has 0 aliphatic rings. The van der Waals surface area contributed by atoms with Crippen molar-refractivity contribution in [3.63, 3.8) is 0 Å². The molecular formula is C14H23NO. The number of rotatable bonds is 6. The zero-order chi connectivity index (χ0) is 12.0. The molecule has 2 atom stereocenters. The first-order chi connectivity index (χ1) is 7.67. The molecule has 2 nitrogen and oxygen atoms in total. The molecule has 0 bridgehead atoms. The van der Waals surface area contributed by atoms with E-state index in [9.17, 15) is 0 Å². The highest BCUT2D eigenvalue weighted by molar-refractivity contribution is 5.33. The standard InChI is InChI=1S/C14H23NO/c1-4-11(2)9-13(15)10-12-7-5-6-8-14(12)16-3/h5-8,11,13H,4,9-10,15H2,1-3H3. The summed E-state index contributed by atoms with van der Waals surface area (Å²) in [6.07, 6.45) is 3.17. The van der Waals surface area contributed by atoms with Gasteiger partial charge in [-0.25, -0.2) is 0 Å². The van der Waals surface area contributed by atoms with Crippen LogP contribution in [0.4, 0.5) is 0 Å². The second-order valence-electron chi connectivity index (χ2n) is 4.53. The Bertz CT molecular complexity index is 311. The van der Waals surface area contributed by atoms with E-state index in [-0.39, 0.29) is 6.04 Å². The molecule has 1 aromatic rings. The predicted molar refractivity (Wildman–Crippen MR) is 68.7 cm³/mol. The first kappa shape index (κ1) is 13.0. The van der Waals surface area contributed by atoms with Crippen LogP contribution in [-0.2, 0) is 6.42 Å². The van der Waals surface area contributed by atoms with Crippen LogP contribution in [0.1, 0.15) is 32.3 Å². The van der Waals surface area contributed by atoms with Gasteiger partial charge in [-0.1, -0.05) is 38.5 Å². The summed E-state index contributed by atoms with van der Waals surface area (Å²) in [7, 11) is 1.71. The second-order valence-corrected chi connectivity index (χ2v) is 4.53. The molecule has 2 N–H and O–H groups in total. The van der Waals surface area contributed by atoms with Crippen LogP contribution in [0.2, 0.25) is 0 Å². The summed E-state index contributed by atoms with van der Waals surface area (Å²) in [4.78, 5) is 0. The molecule has 2 heteroatoms. The average Bonchev–Trinajstić information content (AvgIpc) is 2.29. The lowest BCUT2D eigenvalue weighted by atomic mass is 9.95. The summed E-state index contributed by atoms with van der Waals surface area (Å²) in [5.41, 5.74) is 7.36. The zero-order valence-electron chi connectivity index (χ0n) is 10.6. The fraction of sp³-hybridized carbons (Fsp3) is 0.571. The number of hydrogen-bond acceptors (Lipinski definition) is 2. The van der Waals surface area contributed by atoms with Gasteiger partial charge in [-0.2, -0.15) is 0 Å². The van der Waals surface area contributed by atoms with Crippen molar-refractivity contribution in [3.8, 4) is 5.75 Å². The Labute approximate surface area is 98.8 Å². The average molecular weight is 221 g/mol. The highest BCUT2D eigenvalue weighted by Crippen LogP contribution is 2.20. The largest absolute Gasteiger partial charge is 0.496 e. The fourth-order valence-electron chi connectivity index (χ4n) is 1.92. The molecule has 1 rings (SSSR count). The summed E-state index contributed by atoms with van der Waals surface area (Å²) >= 11 is 0. The summed E-state index contributed by atoms with van der Waals surface area (Å²) in [6, 6.07) is 8.34. The van der Waals surface area contributed by atoms with Crippen LogP contribution in [0.25, 0.3) is 0 Å². The lowest BCUT2D eigenvalue weighted by Crippen LogP contribution is -2.25. The van der Waals surface area contributed by atoms with Crippen molar-refractivity contribution in [2.75, 3.05) is 7.11 Å². The Kier molecular flexibility index (Phi) is 5.33. The molecule has 2 unspecified atom stereocenters. The summed E-state index contributed by atoms with van der Waals surface area (Å²) in [5.74, 6) is 1.65. The van der Waals surface area contributed by atoms with Crippen LogP contribution >= 0.6 is 0 Å². The number of ether oxygens (including phenoxy) is 1. The van der Waals surface area contributed by atoms with E-state index in [1.165, 1.54) is 12.0 Å². The maximum Gasteiger partial charge on any atom is 0.122 e. The third-order valence-electron chi connectivity index (χ3n) is 3.08. The number of methoxy groups -OCH3 is 1. The van der Waals surface area contributed by atoms with Gasteiger partial charge in [0.2, 0.25) is 0 Å². The maximum absolute atomic E-state index is 6.15. The van der Waals surface area contributed by atoms with Crippen molar-refractivity contribution in [3.05, 3.63) is 29.8 Å². The van der Waals surface area contributed by atoms with Gasteiger partial charge in [0.25, 0.3) is 0 Å². The van der Waals surface area contributed by atoms with Gasteiger partial charge in [-0.3, -0.25) is 0 Å². The van der Waals surface area contributed by atoms with E-state index in [1.807, 2.05) is 18.2 Å². The molecule has 0 saturated heterocycles. The predicted octanol–water partition coefficient (Wildman–Crippen LogP) is 3.00. The molecule has 0 aromatic heterocycles. The number of hydrogen-bond donors (Lipinski definition) is 1. The maximum atomic E-state index is 6.15. The Morgan fingerprint density at radius 3 is 2.62 bits per heavy atom. The van der Waals surface area contributed by atoms with Crippen LogP contribution < -0.4 is 10.5 Å². The van der Waals surface area contributed by atoms with Crippen molar-refractivity contribution in [2.45, 2.75) is 39.2 Å². The van der Waals surface area contributed by atoms with Gasteiger partial charge >= 0.3 is 0 Å². The van der Waals surface area contributed by atoms with E-state index in [0.29, 0.717) is 5.92 Å². The van der Waals surface area contributed by atoms with E-state index >= 15 is 0 Å². The fourth-order valence-corrected chi connectivity index (χ4v) is 1.92. The van der Waals surface area contributed by atoms with Gasteiger partial charge in [0.1, 0.15) is 5.75 Å². The summed E-state index contributed by atoms with van der Waals surface area (Å²) < 4.78 is 5.32. The summed E-state index contributed by atoms with van der Waals surface area (Å²) in [5, 5.41) is 0. The lowest BCUT2D eigenvalue weighted by Gasteiger charge is -2.17. The Balaban J connectivity index is 2.58. The number of para-hydroxylation sites is 1. The third kappa shape index (κ3) is 3.86. The Morgan fingerprint density at radius 1 is 1.31 bits per heavy atom. The molecule has 0 spiro atoms. The van der Waals surface area contributed by atoms with Crippen molar-refractivity contribution in [2.24, 2.45) is 11.7 Å². The highest BCUT2D eigenvalue weighted by Gasteiger charge is 2.10. The monoisotopic (exact) mass is 221 g/mol. The lowest BCUT2D eigenvalue weighted by molar-refractivity contribution is 0.402. The highest BCUT2D eigenvalue weighted by atomic mass is 16.5. The van der Waals surface area contributed by atoms with Gasteiger partial charge < -0.3 is 10.5 Å². The van der Waals surface area contributed by atoms with Crippen molar-refractivity contribution in [1.82, 2.24) is 0 Å². The quantitative estimate of drug-likeness (QED) is 0.801. The molecule has 0 saturated carbocycles. The van der Waals surface area contributed by atoms with Gasteiger partial charge in [0.15, 0.2) is 0 Å². The third-order valence-corrected chi connectivity index (χ3v) is 3.08. The minimum Gasteiger partial charge on any atom is -0.496 e. The first-order valence-corrected chi connectivity index (χ1v) is 6.04. The minimum atomic E-state index is 0.228. The van der Waals surface area contributed by atoms with Crippen LogP contribution in [0.15, 0.2) is 24.3 Å². The van der Waals surface area contributed by atoms with E-state index < -0.39 is 0 Å². The topological polar surface area (TPSA) is 35.2 Å². The second kappa shape index (κ2) is 6.54. The Hall–Kier alpha value is -1.02. The van der Waals surface area contributed by atoms with Gasteiger partial charge in [0, 0.05) is 6.04 Å². The smallest absolute Gasteiger partial charge is 0.122 e. The Morgan fingerprint density at radius 2 is 2.00 bits per heavy atom. The van der Waals surface area contributed by atoms with Crippen LogP contribution in [0, 0.1) is 5.92 Å². The van der Waals surface area contributed by atoms with Gasteiger partial charge in [-0.05, 0) is 30.4 Å². The molecule has 0 radical (unpaired) electrons. The SMILES string of the molecule is CCC(C)CC(N)Cc1ccccc1OC. The van der Waals surface area contributed by atoms with Gasteiger partial charge in [0.05, 0.1) is 7.11 Å². The van der Waals surface area contributed by atoms with Crippen molar-refractivity contribution in [1.29, 1.82) is 0 Å². The van der Waals surface area contributed by atoms with Crippen LogP contribution in [0.3, 0.4) is 0 Å². The van der Waals surface area contributed by atoms with Crippen LogP contribution in [-0.4, -0.2) is 13.2 Å². The van der Waals surface area contributed by atoms with Crippen LogP contribution in [0.5, 0.6) is 5.75 Å². The normalized spacial score (nSPS) is 14.5. The van der Waals surface area contributed by atoms with Gasteiger partial charge in [-0.15, -0.1) is 0 Å². The molecule has 1 aromatic carbocycles. The van der Waals surface area contributed by atoms with E-state index in [1.54, 1.807) is 7.11 Å². The van der Waals surface area contributed by atoms with E-state index in [4.69, 9.17) is 10.5 Å². The molecule has 90 valence electrons. The molecule has 0 aliphatic carbocycles. The van der Waals surface area contributed by atoms with E-state index in [0.717, 1.165) is 18.6 Å².